The van der Waals surface area contributed by atoms with E-state index < -0.39 is 0 Å². The third-order valence-electron chi connectivity index (χ3n) is 2.59. The molecule has 0 spiro atoms. The van der Waals surface area contributed by atoms with Crippen molar-refractivity contribution in [1.82, 2.24) is 9.78 Å². The van der Waals surface area contributed by atoms with Gasteiger partial charge in [-0.15, -0.1) is 0 Å². The molecule has 1 heterocycles. The van der Waals surface area contributed by atoms with Crippen molar-refractivity contribution < 1.29 is 9.84 Å². The van der Waals surface area contributed by atoms with Gasteiger partial charge in [0.2, 0.25) is 0 Å². The van der Waals surface area contributed by atoms with Crippen molar-refractivity contribution in [1.29, 1.82) is 0 Å². The van der Waals surface area contributed by atoms with Gasteiger partial charge in [-0.3, -0.25) is 4.68 Å². The first-order chi connectivity index (χ1) is 7.56. The molecule has 0 aliphatic rings. The Bertz CT molecular complexity index is 332. The molecular formula is C12H22N2O2. The van der Waals surface area contributed by atoms with Crippen molar-refractivity contribution in [2.45, 2.75) is 40.8 Å². The average Bonchev–Trinajstić information content (AvgIpc) is 2.48. The number of aliphatic hydroxyl groups is 1. The summed E-state index contributed by atoms with van der Waals surface area (Å²) in [5.74, 6) is 0.563. The van der Waals surface area contributed by atoms with Gasteiger partial charge in [0.15, 0.2) is 0 Å². The van der Waals surface area contributed by atoms with E-state index in [4.69, 9.17) is 4.74 Å². The molecule has 0 saturated heterocycles. The molecule has 1 rings (SSSR count). The van der Waals surface area contributed by atoms with Gasteiger partial charge in [0.1, 0.15) is 0 Å². The van der Waals surface area contributed by atoms with Crippen LogP contribution < -0.4 is 0 Å². The van der Waals surface area contributed by atoms with Crippen LogP contribution in [0.15, 0.2) is 0 Å². The molecule has 0 bridgehead atoms. The molecule has 4 nitrogen and oxygen atoms in total. The molecule has 0 saturated carbocycles. The third kappa shape index (κ3) is 3.32. The van der Waals surface area contributed by atoms with Crippen molar-refractivity contribution in [3.8, 4) is 0 Å². The van der Waals surface area contributed by atoms with E-state index >= 15 is 0 Å². The van der Waals surface area contributed by atoms with Gasteiger partial charge in [-0.05, 0) is 19.8 Å². The summed E-state index contributed by atoms with van der Waals surface area (Å²) >= 11 is 0. The Morgan fingerprint density at radius 2 is 2.06 bits per heavy atom. The minimum absolute atomic E-state index is 0.0600. The first kappa shape index (κ1) is 13.2. The summed E-state index contributed by atoms with van der Waals surface area (Å²) in [6, 6.07) is 0. The summed E-state index contributed by atoms with van der Waals surface area (Å²) < 4.78 is 7.42. The van der Waals surface area contributed by atoms with Crippen molar-refractivity contribution >= 4 is 0 Å². The van der Waals surface area contributed by atoms with Crippen LogP contribution in [0.25, 0.3) is 0 Å². The predicted octanol–water partition coefficient (Wildman–Crippen LogP) is 1.66. The van der Waals surface area contributed by atoms with E-state index in [-0.39, 0.29) is 6.61 Å². The van der Waals surface area contributed by atoms with Crippen LogP contribution in [0.2, 0.25) is 0 Å². The van der Waals surface area contributed by atoms with Crippen molar-refractivity contribution in [3.05, 3.63) is 17.0 Å². The van der Waals surface area contributed by atoms with Crippen molar-refractivity contribution in [3.63, 3.8) is 0 Å². The topological polar surface area (TPSA) is 47.3 Å². The van der Waals surface area contributed by atoms with Crippen molar-refractivity contribution in [2.24, 2.45) is 5.92 Å². The molecule has 1 aromatic heterocycles. The molecule has 0 atom stereocenters. The van der Waals surface area contributed by atoms with Gasteiger partial charge in [-0.2, -0.15) is 5.10 Å². The standard InChI is InChI=1S/C12H22N2O2/c1-9(2)8-16-6-5-14-11(4)12(7-15)10(3)13-14/h9,15H,5-8H2,1-4H3. The normalized spacial score (nSPS) is 11.4. The lowest BCUT2D eigenvalue weighted by atomic mass is 10.2. The van der Waals surface area contributed by atoms with Gasteiger partial charge < -0.3 is 9.84 Å². The van der Waals surface area contributed by atoms with E-state index in [9.17, 15) is 5.11 Å². The second-order valence-electron chi connectivity index (χ2n) is 4.50. The van der Waals surface area contributed by atoms with Crippen LogP contribution in [0.3, 0.4) is 0 Å². The summed E-state index contributed by atoms with van der Waals surface area (Å²) in [6.45, 7) is 10.4. The predicted molar refractivity (Wildman–Crippen MR) is 63.3 cm³/mol. The fourth-order valence-electron chi connectivity index (χ4n) is 1.65. The fourth-order valence-corrected chi connectivity index (χ4v) is 1.65. The molecular weight excluding hydrogens is 204 g/mol. The maximum Gasteiger partial charge on any atom is 0.0718 e. The minimum Gasteiger partial charge on any atom is -0.392 e. The number of aromatic nitrogens is 2. The maximum absolute atomic E-state index is 9.17. The van der Waals surface area contributed by atoms with Gasteiger partial charge in [0, 0.05) is 17.9 Å². The van der Waals surface area contributed by atoms with Crippen LogP contribution in [0.5, 0.6) is 0 Å². The minimum atomic E-state index is 0.0600. The van der Waals surface area contributed by atoms with Crippen LogP contribution in [-0.2, 0) is 17.9 Å². The largest absolute Gasteiger partial charge is 0.392 e. The first-order valence-corrected chi connectivity index (χ1v) is 5.77. The Kier molecular flexibility index (Phi) is 4.96. The number of rotatable bonds is 6. The summed E-state index contributed by atoms with van der Waals surface area (Å²) in [7, 11) is 0. The molecule has 0 fully saturated rings. The molecule has 92 valence electrons. The molecule has 0 unspecified atom stereocenters. The molecule has 0 amide bonds. The highest BCUT2D eigenvalue weighted by Crippen LogP contribution is 2.12. The number of nitrogens with zero attached hydrogens (tertiary/aromatic N) is 2. The lowest BCUT2D eigenvalue weighted by Gasteiger charge is -2.08. The number of aryl methyl sites for hydroxylation is 1. The van der Waals surface area contributed by atoms with E-state index in [1.165, 1.54) is 0 Å². The summed E-state index contributed by atoms with van der Waals surface area (Å²) in [5, 5.41) is 13.5. The van der Waals surface area contributed by atoms with Crippen LogP contribution in [0.4, 0.5) is 0 Å². The van der Waals surface area contributed by atoms with Gasteiger partial charge in [0.25, 0.3) is 0 Å². The first-order valence-electron chi connectivity index (χ1n) is 5.77. The Balaban J connectivity index is 2.48. The number of hydrogen-bond donors (Lipinski definition) is 1. The lowest BCUT2D eigenvalue weighted by Crippen LogP contribution is -2.11. The zero-order valence-electron chi connectivity index (χ0n) is 10.7. The molecule has 4 heteroatoms. The molecule has 0 aliphatic carbocycles. The van der Waals surface area contributed by atoms with Gasteiger partial charge >= 0.3 is 0 Å². The smallest absolute Gasteiger partial charge is 0.0718 e. The van der Waals surface area contributed by atoms with Gasteiger partial charge in [-0.25, -0.2) is 0 Å². The lowest BCUT2D eigenvalue weighted by molar-refractivity contribution is 0.100. The Morgan fingerprint density at radius 3 is 2.56 bits per heavy atom. The Hall–Kier alpha value is -0.870. The quantitative estimate of drug-likeness (QED) is 0.750. The zero-order valence-corrected chi connectivity index (χ0v) is 10.7. The summed E-state index contributed by atoms with van der Waals surface area (Å²) in [6.07, 6.45) is 0. The molecule has 1 N–H and O–H groups in total. The summed E-state index contributed by atoms with van der Waals surface area (Å²) in [5.41, 5.74) is 2.88. The highest BCUT2D eigenvalue weighted by Gasteiger charge is 2.09. The van der Waals surface area contributed by atoms with E-state index in [1.807, 2.05) is 18.5 Å². The van der Waals surface area contributed by atoms with E-state index in [2.05, 4.69) is 18.9 Å². The van der Waals surface area contributed by atoms with Crippen LogP contribution in [-0.4, -0.2) is 28.1 Å². The highest BCUT2D eigenvalue weighted by molar-refractivity contribution is 5.23. The van der Waals surface area contributed by atoms with E-state index in [0.717, 1.165) is 30.1 Å². The number of aliphatic hydroxyl groups excluding tert-OH is 1. The van der Waals surface area contributed by atoms with E-state index in [1.54, 1.807) is 0 Å². The van der Waals surface area contributed by atoms with Gasteiger partial charge in [-0.1, -0.05) is 13.8 Å². The van der Waals surface area contributed by atoms with Gasteiger partial charge in [0.05, 0.1) is 25.5 Å². The van der Waals surface area contributed by atoms with E-state index in [0.29, 0.717) is 12.5 Å². The molecule has 0 radical (unpaired) electrons. The number of hydrogen-bond acceptors (Lipinski definition) is 3. The highest BCUT2D eigenvalue weighted by atomic mass is 16.5. The Labute approximate surface area is 97.2 Å². The van der Waals surface area contributed by atoms with Crippen LogP contribution in [0.1, 0.15) is 30.8 Å². The maximum atomic E-state index is 9.17. The average molecular weight is 226 g/mol. The SMILES string of the molecule is Cc1nn(CCOCC(C)C)c(C)c1CO. The molecule has 16 heavy (non-hydrogen) atoms. The second kappa shape index (κ2) is 6.01. The second-order valence-corrected chi connectivity index (χ2v) is 4.50. The number of ether oxygens (including phenoxy) is 1. The Morgan fingerprint density at radius 1 is 1.38 bits per heavy atom. The van der Waals surface area contributed by atoms with Crippen molar-refractivity contribution in [2.75, 3.05) is 13.2 Å². The monoisotopic (exact) mass is 226 g/mol. The molecule has 0 aliphatic heterocycles. The molecule has 1 aromatic rings. The van der Waals surface area contributed by atoms with Crippen LogP contribution >= 0.6 is 0 Å². The third-order valence-corrected chi connectivity index (χ3v) is 2.59. The van der Waals surface area contributed by atoms with Crippen LogP contribution in [0, 0.1) is 19.8 Å². The summed E-state index contributed by atoms with van der Waals surface area (Å²) in [4.78, 5) is 0. The zero-order chi connectivity index (χ0) is 12.1. The molecule has 0 aromatic carbocycles. The fraction of sp³-hybridized carbons (Fsp3) is 0.750.